The van der Waals surface area contributed by atoms with E-state index in [9.17, 15) is 9.18 Å². The molecule has 3 rings (SSSR count). The predicted molar refractivity (Wildman–Crippen MR) is 115 cm³/mol. The summed E-state index contributed by atoms with van der Waals surface area (Å²) in [4.78, 5) is 19.6. The van der Waals surface area contributed by atoms with Gasteiger partial charge in [-0.25, -0.2) is 9.37 Å². The Morgan fingerprint density at radius 3 is 2.59 bits per heavy atom. The highest BCUT2D eigenvalue weighted by Crippen LogP contribution is 2.30. The number of hydrogen-bond acceptors (Lipinski definition) is 3. The van der Waals surface area contributed by atoms with E-state index in [4.69, 9.17) is 6.42 Å². The molecule has 0 aliphatic carbocycles. The average molecular weight is 387 g/mol. The highest BCUT2D eigenvalue weighted by molar-refractivity contribution is 6.10. The number of halogens is 1. The molecule has 5 heteroatoms. The zero-order chi connectivity index (χ0) is 20.9. The summed E-state index contributed by atoms with van der Waals surface area (Å²) < 4.78 is 13.6. The third-order valence-corrected chi connectivity index (χ3v) is 4.84. The Balaban J connectivity index is 2.06. The van der Waals surface area contributed by atoms with E-state index >= 15 is 0 Å². The first kappa shape index (κ1) is 20.1. The summed E-state index contributed by atoms with van der Waals surface area (Å²) >= 11 is 0. The van der Waals surface area contributed by atoms with Gasteiger partial charge < -0.3 is 5.32 Å². The van der Waals surface area contributed by atoms with Crippen molar-refractivity contribution in [2.45, 2.75) is 25.8 Å². The topological polar surface area (TPSA) is 45.2 Å². The first-order valence-corrected chi connectivity index (χ1v) is 9.33. The van der Waals surface area contributed by atoms with Gasteiger partial charge in [0.25, 0.3) is 5.91 Å². The van der Waals surface area contributed by atoms with E-state index in [-0.39, 0.29) is 11.7 Å². The van der Waals surface area contributed by atoms with Crippen LogP contribution in [0, 0.1) is 18.2 Å². The zero-order valence-electron chi connectivity index (χ0n) is 16.4. The standard InChI is InChI=1S/C24H22FN3O/c1-4-24(3,5-2)28(20-13-7-6-8-14-20)23(29)21-15-10-16-26-22(21)27-19-12-9-11-18(25)17-19/h1,6-17H,5H2,2-3H3,(H,26,27). The molecular weight excluding hydrogens is 365 g/mol. The first-order valence-electron chi connectivity index (χ1n) is 9.33. The Morgan fingerprint density at radius 2 is 1.93 bits per heavy atom. The molecule has 0 saturated carbocycles. The molecule has 3 aromatic rings. The van der Waals surface area contributed by atoms with E-state index in [1.54, 1.807) is 35.4 Å². The molecule has 4 nitrogen and oxygen atoms in total. The van der Waals surface area contributed by atoms with Crippen LogP contribution in [0.4, 0.5) is 21.6 Å². The number of pyridine rings is 1. The summed E-state index contributed by atoms with van der Waals surface area (Å²) in [6.07, 6.45) is 7.97. The normalized spacial score (nSPS) is 12.5. The van der Waals surface area contributed by atoms with Crippen LogP contribution < -0.4 is 10.2 Å². The number of nitrogens with zero attached hydrogens (tertiary/aromatic N) is 2. The fraction of sp³-hybridized carbons (Fsp3) is 0.167. The molecule has 0 fully saturated rings. The highest BCUT2D eigenvalue weighted by atomic mass is 19.1. The largest absolute Gasteiger partial charge is 0.339 e. The van der Waals surface area contributed by atoms with Gasteiger partial charge in [-0.2, -0.15) is 0 Å². The van der Waals surface area contributed by atoms with Crippen LogP contribution in [0.2, 0.25) is 0 Å². The molecule has 1 amide bonds. The van der Waals surface area contributed by atoms with Gasteiger partial charge in [-0.05, 0) is 55.8 Å². The van der Waals surface area contributed by atoms with Crippen molar-refractivity contribution in [3.63, 3.8) is 0 Å². The lowest BCUT2D eigenvalue weighted by atomic mass is 9.95. The molecule has 0 radical (unpaired) electrons. The van der Waals surface area contributed by atoms with Crippen molar-refractivity contribution in [3.8, 4) is 12.3 Å². The summed E-state index contributed by atoms with van der Waals surface area (Å²) in [6.45, 7) is 3.80. The molecule has 1 atom stereocenters. The van der Waals surface area contributed by atoms with Gasteiger partial charge in [-0.15, -0.1) is 6.42 Å². The maximum absolute atomic E-state index is 13.7. The number of amides is 1. The molecule has 146 valence electrons. The van der Waals surface area contributed by atoms with E-state index in [0.29, 0.717) is 29.2 Å². The predicted octanol–water partition coefficient (Wildman–Crippen LogP) is 5.41. The number of hydrogen-bond donors (Lipinski definition) is 1. The number of terminal acetylenes is 1. The monoisotopic (exact) mass is 387 g/mol. The molecular formula is C24H22FN3O. The molecule has 1 N–H and O–H groups in total. The van der Waals surface area contributed by atoms with Crippen LogP contribution in [-0.4, -0.2) is 16.4 Å². The Morgan fingerprint density at radius 1 is 1.17 bits per heavy atom. The molecule has 0 aliphatic heterocycles. The number of para-hydroxylation sites is 1. The van der Waals surface area contributed by atoms with Crippen LogP contribution in [0.15, 0.2) is 72.9 Å². The van der Waals surface area contributed by atoms with E-state index in [1.165, 1.54) is 12.1 Å². The Kier molecular flexibility index (Phi) is 5.94. The number of anilines is 3. The van der Waals surface area contributed by atoms with Crippen LogP contribution in [0.5, 0.6) is 0 Å². The summed E-state index contributed by atoms with van der Waals surface area (Å²) in [5, 5.41) is 3.04. The first-order chi connectivity index (χ1) is 14.0. The molecule has 1 heterocycles. The van der Waals surface area contributed by atoms with Gasteiger partial charge in [0.15, 0.2) is 0 Å². The van der Waals surface area contributed by atoms with Crippen LogP contribution in [0.25, 0.3) is 0 Å². The molecule has 1 unspecified atom stereocenters. The minimum Gasteiger partial charge on any atom is -0.339 e. The van der Waals surface area contributed by atoms with Gasteiger partial charge >= 0.3 is 0 Å². The Bertz CT molecular complexity index is 1050. The van der Waals surface area contributed by atoms with Crippen LogP contribution >= 0.6 is 0 Å². The number of benzene rings is 2. The second-order valence-electron chi connectivity index (χ2n) is 6.78. The maximum Gasteiger partial charge on any atom is 0.263 e. The van der Waals surface area contributed by atoms with Crippen LogP contribution in [0.1, 0.15) is 30.6 Å². The van der Waals surface area contributed by atoms with E-state index in [1.807, 2.05) is 44.2 Å². The Labute approximate surface area is 170 Å². The third-order valence-electron chi connectivity index (χ3n) is 4.84. The maximum atomic E-state index is 13.7. The Hall–Kier alpha value is -3.65. The van der Waals surface area contributed by atoms with Crippen molar-refractivity contribution in [1.82, 2.24) is 4.98 Å². The second-order valence-corrected chi connectivity index (χ2v) is 6.78. The van der Waals surface area contributed by atoms with Crippen molar-refractivity contribution in [3.05, 3.63) is 84.3 Å². The fourth-order valence-corrected chi connectivity index (χ4v) is 3.03. The molecule has 1 aromatic heterocycles. The van der Waals surface area contributed by atoms with Crippen molar-refractivity contribution in [2.75, 3.05) is 10.2 Å². The van der Waals surface area contributed by atoms with Crippen LogP contribution in [0.3, 0.4) is 0 Å². The molecule has 0 saturated heterocycles. The quantitative estimate of drug-likeness (QED) is 0.575. The van der Waals surface area contributed by atoms with Crippen molar-refractivity contribution >= 4 is 23.1 Å². The molecule has 0 spiro atoms. The summed E-state index contributed by atoms with van der Waals surface area (Å²) in [6, 6.07) is 18.6. The summed E-state index contributed by atoms with van der Waals surface area (Å²) in [5.41, 5.74) is 0.708. The van der Waals surface area contributed by atoms with Gasteiger partial charge in [0.1, 0.15) is 17.2 Å². The summed E-state index contributed by atoms with van der Waals surface area (Å²) in [5.74, 6) is 2.44. The smallest absolute Gasteiger partial charge is 0.263 e. The SMILES string of the molecule is C#CC(C)(CC)N(C(=O)c1cccnc1Nc1cccc(F)c1)c1ccccc1. The lowest BCUT2D eigenvalue weighted by Crippen LogP contribution is -2.49. The van der Waals surface area contributed by atoms with Gasteiger partial charge in [0, 0.05) is 17.6 Å². The fourth-order valence-electron chi connectivity index (χ4n) is 3.03. The van der Waals surface area contributed by atoms with Crippen molar-refractivity contribution < 1.29 is 9.18 Å². The lowest BCUT2D eigenvalue weighted by Gasteiger charge is -2.37. The van der Waals surface area contributed by atoms with Gasteiger partial charge in [-0.1, -0.05) is 37.1 Å². The molecule has 0 bridgehead atoms. The number of rotatable bonds is 6. The highest BCUT2D eigenvalue weighted by Gasteiger charge is 2.35. The van der Waals surface area contributed by atoms with Crippen molar-refractivity contribution in [2.24, 2.45) is 0 Å². The minimum absolute atomic E-state index is 0.287. The average Bonchev–Trinajstić information content (AvgIpc) is 2.75. The lowest BCUT2D eigenvalue weighted by molar-refractivity contribution is 0.0969. The van der Waals surface area contributed by atoms with Gasteiger partial charge in [0.2, 0.25) is 0 Å². The third kappa shape index (κ3) is 4.27. The van der Waals surface area contributed by atoms with Gasteiger partial charge in [0.05, 0.1) is 5.56 Å². The van der Waals surface area contributed by atoms with E-state index < -0.39 is 5.54 Å². The molecule has 29 heavy (non-hydrogen) atoms. The van der Waals surface area contributed by atoms with E-state index in [0.717, 1.165) is 0 Å². The minimum atomic E-state index is -0.829. The van der Waals surface area contributed by atoms with Crippen molar-refractivity contribution in [1.29, 1.82) is 0 Å². The summed E-state index contributed by atoms with van der Waals surface area (Å²) in [7, 11) is 0. The number of aromatic nitrogens is 1. The number of carbonyl (C=O) groups is 1. The van der Waals surface area contributed by atoms with Gasteiger partial charge in [-0.3, -0.25) is 9.69 Å². The number of nitrogens with one attached hydrogen (secondary N) is 1. The number of carbonyl (C=O) groups excluding carboxylic acids is 1. The second kappa shape index (κ2) is 8.57. The molecule has 0 aliphatic rings. The molecule has 2 aromatic carbocycles. The van der Waals surface area contributed by atoms with Crippen LogP contribution in [-0.2, 0) is 0 Å². The van der Waals surface area contributed by atoms with E-state index in [2.05, 4.69) is 16.2 Å². The zero-order valence-corrected chi connectivity index (χ0v) is 16.4.